The van der Waals surface area contributed by atoms with E-state index in [0.717, 1.165) is 38.5 Å². The smallest absolute Gasteiger partial charge is 0.191 e. The van der Waals surface area contributed by atoms with Gasteiger partial charge in [0.1, 0.15) is 0 Å². The maximum Gasteiger partial charge on any atom is 0.191 e. The van der Waals surface area contributed by atoms with Crippen LogP contribution < -0.4 is 10.6 Å². The third-order valence-corrected chi connectivity index (χ3v) is 3.85. The molecule has 0 saturated carbocycles. The predicted octanol–water partition coefficient (Wildman–Crippen LogP) is 2.79. The zero-order chi connectivity index (χ0) is 15.2. The molecule has 4 nitrogen and oxygen atoms in total. The quantitative estimate of drug-likeness (QED) is 0.582. The SMILES string of the molecule is CN=C(NCC(C)(C)CC(C)C)NCC1(C)CCCO1. The van der Waals surface area contributed by atoms with Crippen LogP contribution in [0.25, 0.3) is 0 Å². The molecule has 0 radical (unpaired) electrons. The Balaban J connectivity index is 2.36. The monoisotopic (exact) mass is 283 g/mol. The summed E-state index contributed by atoms with van der Waals surface area (Å²) in [5, 5.41) is 6.83. The summed E-state index contributed by atoms with van der Waals surface area (Å²) in [5.74, 6) is 1.59. The number of hydrogen-bond donors (Lipinski definition) is 2. The van der Waals surface area contributed by atoms with Crippen LogP contribution in [0.3, 0.4) is 0 Å². The van der Waals surface area contributed by atoms with Gasteiger partial charge in [0, 0.05) is 26.7 Å². The second-order valence-electron chi connectivity index (χ2n) is 7.44. The molecule has 0 spiro atoms. The summed E-state index contributed by atoms with van der Waals surface area (Å²) in [7, 11) is 1.82. The molecular formula is C16H33N3O. The summed E-state index contributed by atoms with van der Waals surface area (Å²) in [6.07, 6.45) is 3.49. The van der Waals surface area contributed by atoms with Gasteiger partial charge in [0.15, 0.2) is 5.96 Å². The average Bonchev–Trinajstić information content (AvgIpc) is 2.75. The number of hydrogen-bond acceptors (Lipinski definition) is 2. The molecule has 1 aliphatic heterocycles. The fraction of sp³-hybridized carbons (Fsp3) is 0.938. The van der Waals surface area contributed by atoms with Gasteiger partial charge in [-0.25, -0.2) is 0 Å². The summed E-state index contributed by atoms with van der Waals surface area (Å²) in [6, 6.07) is 0. The number of aliphatic imine (C=N–C) groups is 1. The molecule has 1 unspecified atom stereocenters. The Morgan fingerprint density at radius 3 is 2.55 bits per heavy atom. The Bertz CT molecular complexity index is 318. The lowest BCUT2D eigenvalue weighted by Gasteiger charge is -2.29. The second-order valence-corrected chi connectivity index (χ2v) is 7.44. The number of nitrogens with zero attached hydrogens (tertiary/aromatic N) is 1. The van der Waals surface area contributed by atoms with Crippen LogP contribution in [0.1, 0.15) is 53.9 Å². The van der Waals surface area contributed by atoms with Crippen LogP contribution >= 0.6 is 0 Å². The first-order valence-corrected chi connectivity index (χ1v) is 7.85. The Hall–Kier alpha value is -0.770. The van der Waals surface area contributed by atoms with Crippen LogP contribution in [0.5, 0.6) is 0 Å². The van der Waals surface area contributed by atoms with Gasteiger partial charge in [0.2, 0.25) is 0 Å². The molecule has 0 aliphatic carbocycles. The van der Waals surface area contributed by atoms with Crippen molar-refractivity contribution in [2.24, 2.45) is 16.3 Å². The van der Waals surface area contributed by atoms with Gasteiger partial charge in [-0.2, -0.15) is 0 Å². The largest absolute Gasteiger partial charge is 0.373 e. The van der Waals surface area contributed by atoms with Crippen LogP contribution in [0.4, 0.5) is 0 Å². The molecule has 20 heavy (non-hydrogen) atoms. The van der Waals surface area contributed by atoms with Crippen molar-refractivity contribution in [3.05, 3.63) is 0 Å². The van der Waals surface area contributed by atoms with E-state index >= 15 is 0 Å². The van der Waals surface area contributed by atoms with Crippen molar-refractivity contribution >= 4 is 5.96 Å². The van der Waals surface area contributed by atoms with Crippen molar-refractivity contribution in [2.45, 2.75) is 59.5 Å². The van der Waals surface area contributed by atoms with Gasteiger partial charge in [-0.1, -0.05) is 27.7 Å². The summed E-state index contributed by atoms with van der Waals surface area (Å²) in [4.78, 5) is 4.30. The molecular weight excluding hydrogens is 250 g/mol. The van der Waals surface area contributed by atoms with E-state index in [9.17, 15) is 0 Å². The van der Waals surface area contributed by atoms with E-state index in [2.05, 4.69) is 50.2 Å². The Labute approximate surface area is 124 Å². The van der Waals surface area contributed by atoms with E-state index in [-0.39, 0.29) is 11.0 Å². The zero-order valence-corrected chi connectivity index (χ0v) is 14.2. The highest BCUT2D eigenvalue weighted by Gasteiger charge is 2.29. The van der Waals surface area contributed by atoms with E-state index in [0.29, 0.717) is 5.92 Å². The molecule has 0 aromatic heterocycles. The number of ether oxygens (including phenoxy) is 1. The van der Waals surface area contributed by atoms with E-state index in [1.807, 2.05) is 7.05 Å². The zero-order valence-electron chi connectivity index (χ0n) is 14.2. The minimum atomic E-state index is -0.0366. The van der Waals surface area contributed by atoms with E-state index in [1.54, 1.807) is 0 Å². The van der Waals surface area contributed by atoms with E-state index < -0.39 is 0 Å². The maximum atomic E-state index is 5.79. The molecule has 0 aromatic rings. The lowest BCUT2D eigenvalue weighted by atomic mass is 9.84. The second kappa shape index (κ2) is 7.30. The molecule has 118 valence electrons. The van der Waals surface area contributed by atoms with Gasteiger partial charge in [-0.15, -0.1) is 0 Å². The predicted molar refractivity (Wildman–Crippen MR) is 86.2 cm³/mol. The molecule has 1 atom stereocenters. The Morgan fingerprint density at radius 2 is 2.05 bits per heavy atom. The van der Waals surface area contributed by atoms with Crippen molar-refractivity contribution < 1.29 is 4.74 Å². The topological polar surface area (TPSA) is 45.7 Å². The Morgan fingerprint density at radius 1 is 1.35 bits per heavy atom. The first-order valence-electron chi connectivity index (χ1n) is 7.85. The summed E-state index contributed by atoms with van der Waals surface area (Å²) in [6.45, 7) is 13.9. The summed E-state index contributed by atoms with van der Waals surface area (Å²) >= 11 is 0. The highest BCUT2D eigenvalue weighted by Crippen LogP contribution is 2.25. The number of nitrogens with one attached hydrogen (secondary N) is 2. The van der Waals surface area contributed by atoms with Gasteiger partial charge in [-0.3, -0.25) is 4.99 Å². The number of rotatable bonds is 6. The molecule has 1 heterocycles. The van der Waals surface area contributed by atoms with Gasteiger partial charge >= 0.3 is 0 Å². The standard InChI is InChI=1S/C16H33N3O/c1-13(2)10-15(3,4)11-18-14(17-6)19-12-16(5)8-7-9-20-16/h13H,7-12H2,1-6H3,(H2,17,18,19). The van der Waals surface area contributed by atoms with Crippen molar-refractivity contribution in [3.8, 4) is 0 Å². The molecule has 2 N–H and O–H groups in total. The van der Waals surface area contributed by atoms with Gasteiger partial charge in [0.25, 0.3) is 0 Å². The van der Waals surface area contributed by atoms with Crippen LogP contribution in [0, 0.1) is 11.3 Å². The molecule has 0 bridgehead atoms. The lowest BCUT2D eigenvalue weighted by Crippen LogP contribution is -2.47. The van der Waals surface area contributed by atoms with Crippen LogP contribution in [0.15, 0.2) is 4.99 Å². The third-order valence-electron chi connectivity index (χ3n) is 3.85. The van der Waals surface area contributed by atoms with Crippen molar-refractivity contribution in [1.82, 2.24) is 10.6 Å². The number of guanidine groups is 1. The molecule has 1 saturated heterocycles. The maximum absolute atomic E-state index is 5.79. The highest BCUT2D eigenvalue weighted by atomic mass is 16.5. The summed E-state index contributed by atoms with van der Waals surface area (Å²) in [5.41, 5.74) is 0.241. The molecule has 0 aromatic carbocycles. The van der Waals surface area contributed by atoms with Crippen molar-refractivity contribution in [2.75, 3.05) is 26.7 Å². The van der Waals surface area contributed by atoms with E-state index in [1.165, 1.54) is 6.42 Å². The van der Waals surface area contributed by atoms with Crippen LogP contribution in [-0.2, 0) is 4.74 Å². The molecule has 1 fully saturated rings. The summed E-state index contributed by atoms with van der Waals surface area (Å²) < 4.78 is 5.79. The highest BCUT2D eigenvalue weighted by molar-refractivity contribution is 5.79. The first-order chi connectivity index (χ1) is 9.26. The van der Waals surface area contributed by atoms with Gasteiger partial charge < -0.3 is 15.4 Å². The molecule has 1 aliphatic rings. The average molecular weight is 283 g/mol. The molecule has 1 rings (SSSR count). The van der Waals surface area contributed by atoms with E-state index in [4.69, 9.17) is 4.74 Å². The fourth-order valence-electron chi connectivity index (χ4n) is 2.97. The molecule has 0 amide bonds. The fourth-order valence-corrected chi connectivity index (χ4v) is 2.97. The van der Waals surface area contributed by atoms with Crippen LogP contribution in [-0.4, -0.2) is 38.3 Å². The van der Waals surface area contributed by atoms with Crippen molar-refractivity contribution in [3.63, 3.8) is 0 Å². The molecule has 4 heteroatoms. The third kappa shape index (κ3) is 6.12. The minimum Gasteiger partial charge on any atom is -0.373 e. The minimum absolute atomic E-state index is 0.0366. The van der Waals surface area contributed by atoms with Crippen LogP contribution in [0.2, 0.25) is 0 Å². The van der Waals surface area contributed by atoms with Gasteiger partial charge in [0.05, 0.1) is 5.60 Å². The normalized spacial score (nSPS) is 24.2. The first kappa shape index (κ1) is 17.3. The Kier molecular flexibility index (Phi) is 6.31. The van der Waals surface area contributed by atoms with Gasteiger partial charge in [-0.05, 0) is 37.5 Å². The van der Waals surface area contributed by atoms with Crippen molar-refractivity contribution in [1.29, 1.82) is 0 Å². The lowest BCUT2D eigenvalue weighted by molar-refractivity contribution is 0.0242.